The van der Waals surface area contributed by atoms with Crippen molar-refractivity contribution in [1.82, 2.24) is 4.90 Å². The molecule has 1 amide bonds. The van der Waals surface area contributed by atoms with Crippen LogP contribution in [0.2, 0.25) is 0 Å². The van der Waals surface area contributed by atoms with Crippen LogP contribution in [0, 0.1) is 0 Å². The van der Waals surface area contributed by atoms with Crippen molar-refractivity contribution in [2.24, 2.45) is 0 Å². The molecule has 1 N–H and O–H groups in total. The van der Waals surface area contributed by atoms with Gasteiger partial charge < -0.3 is 14.7 Å². The Kier molecular flexibility index (Phi) is 4.63. The molecule has 15 heavy (non-hydrogen) atoms. The zero-order chi connectivity index (χ0) is 11.1. The summed E-state index contributed by atoms with van der Waals surface area (Å²) in [6.07, 6.45) is 0. The van der Waals surface area contributed by atoms with Crippen molar-refractivity contribution in [3.63, 3.8) is 0 Å². The molecule has 1 rings (SSSR count). The lowest BCUT2D eigenvalue weighted by Gasteiger charge is -2.15. The number of likely N-dealkylation sites (N-methyl/N-ethyl adjacent to an activating group) is 1. The number of para-hydroxylation sites is 1. The quantitative estimate of drug-likeness (QED) is 0.769. The number of rotatable bonds is 5. The van der Waals surface area contributed by atoms with E-state index in [1.807, 2.05) is 18.2 Å². The number of amides is 1. The number of carbonyl (C=O) groups is 1. The Morgan fingerprint density at radius 2 is 2.07 bits per heavy atom. The number of carbonyl (C=O) groups excluding carboxylic acids is 1. The monoisotopic (exact) mass is 209 g/mol. The van der Waals surface area contributed by atoms with Crippen molar-refractivity contribution in [2.75, 3.05) is 26.8 Å². The number of aliphatic hydroxyl groups is 1. The second-order valence-corrected chi connectivity index (χ2v) is 3.14. The minimum absolute atomic E-state index is 0.000509. The highest BCUT2D eigenvalue weighted by atomic mass is 16.5. The van der Waals surface area contributed by atoms with Crippen LogP contribution in [0.15, 0.2) is 30.3 Å². The molecular weight excluding hydrogens is 194 g/mol. The zero-order valence-electron chi connectivity index (χ0n) is 8.72. The second-order valence-electron chi connectivity index (χ2n) is 3.14. The normalized spacial score (nSPS) is 9.73. The maximum atomic E-state index is 11.4. The summed E-state index contributed by atoms with van der Waals surface area (Å²) in [4.78, 5) is 12.8. The lowest BCUT2D eigenvalue weighted by molar-refractivity contribution is -0.132. The first-order chi connectivity index (χ1) is 7.24. The molecule has 4 heteroatoms. The molecule has 0 aliphatic heterocycles. The lowest BCUT2D eigenvalue weighted by Crippen LogP contribution is -2.33. The highest BCUT2D eigenvalue weighted by molar-refractivity contribution is 5.77. The number of ether oxygens (including phenoxy) is 1. The summed E-state index contributed by atoms with van der Waals surface area (Å²) < 4.78 is 5.26. The van der Waals surface area contributed by atoms with Crippen LogP contribution < -0.4 is 4.74 Å². The van der Waals surface area contributed by atoms with E-state index in [9.17, 15) is 4.79 Å². The smallest absolute Gasteiger partial charge is 0.260 e. The Morgan fingerprint density at radius 1 is 1.40 bits per heavy atom. The maximum Gasteiger partial charge on any atom is 0.260 e. The minimum atomic E-state index is -0.145. The van der Waals surface area contributed by atoms with Crippen LogP contribution in [0.3, 0.4) is 0 Å². The molecule has 0 aliphatic carbocycles. The van der Waals surface area contributed by atoms with Gasteiger partial charge in [0.15, 0.2) is 6.61 Å². The van der Waals surface area contributed by atoms with Gasteiger partial charge in [0.05, 0.1) is 6.61 Å². The van der Waals surface area contributed by atoms with E-state index in [0.717, 1.165) is 0 Å². The van der Waals surface area contributed by atoms with Gasteiger partial charge in [0.25, 0.3) is 5.91 Å². The van der Waals surface area contributed by atoms with E-state index in [0.29, 0.717) is 12.3 Å². The summed E-state index contributed by atoms with van der Waals surface area (Å²) in [7, 11) is 1.63. The van der Waals surface area contributed by atoms with Gasteiger partial charge in [0.1, 0.15) is 5.75 Å². The van der Waals surface area contributed by atoms with E-state index in [1.165, 1.54) is 4.90 Å². The summed E-state index contributed by atoms with van der Waals surface area (Å²) in [5.74, 6) is 0.524. The van der Waals surface area contributed by atoms with Gasteiger partial charge in [-0.05, 0) is 12.1 Å². The zero-order valence-corrected chi connectivity index (χ0v) is 8.72. The van der Waals surface area contributed by atoms with E-state index < -0.39 is 0 Å². The van der Waals surface area contributed by atoms with Crippen LogP contribution >= 0.6 is 0 Å². The minimum Gasteiger partial charge on any atom is -0.484 e. The number of benzene rings is 1. The van der Waals surface area contributed by atoms with Gasteiger partial charge in [-0.15, -0.1) is 0 Å². The molecular formula is C11H15NO3. The van der Waals surface area contributed by atoms with Gasteiger partial charge in [0.2, 0.25) is 0 Å². The van der Waals surface area contributed by atoms with Crippen LogP contribution in [0.4, 0.5) is 0 Å². The first kappa shape index (κ1) is 11.5. The summed E-state index contributed by atoms with van der Waals surface area (Å²) in [6, 6.07) is 9.15. The fourth-order valence-electron chi connectivity index (χ4n) is 1.05. The van der Waals surface area contributed by atoms with Crippen molar-refractivity contribution >= 4 is 5.91 Å². The van der Waals surface area contributed by atoms with Crippen molar-refractivity contribution in [1.29, 1.82) is 0 Å². The average Bonchev–Trinajstić information content (AvgIpc) is 2.27. The number of hydrogen-bond donors (Lipinski definition) is 1. The van der Waals surface area contributed by atoms with E-state index in [2.05, 4.69) is 0 Å². The van der Waals surface area contributed by atoms with Gasteiger partial charge >= 0.3 is 0 Å². The van der Waals surface area contributed by atoms with E-state index in [1.54, 1.807) is 19.2 Å². The van der Waals surface area contributed by atoms with Crippen LogP contribution in [-0.2, 0) is 4.79 Å². The average molecular weight is 209 g/mol. The van der Waals surface area contributed by atoms with E-state index in [4.69, 9.17) is 9.84 Å². The second kappa shape index (κ2) is 6.03. The molecule has 1 aromatic rings. The molecule has 0 atom stereocenters. The molecule has 0 aromatic heterocycles. The van der Waals surface area contributed by atoms with Crippen molar-refractivity contribution in [3.8, 4) is 5.75 Å². The fraction of sp³-hybridized carbons (Fsp3) is 0.364. The Morgan fingerprint density at radius 3 is 2.67 bits per heavy atom. The first-order valence-electron chi connectivity index (χ1n) is 4.76. The van der Waals surface area contributed by atoms with Crippen LogP contribution in [0.1, 0.15) is 0 Å². The predicted octanol–water partition coefficient (Wildman–Crippen LogP) is 0.516. The molecule has 0 spiro atoms. The molecule has 0 saturated heterocycles. The fourth-order valence-corrected chi connectivity index (χ4v) is 1.05. The van der Waals surface area contributed by atoms with E-state index >= 15 is 0 Å². The van der Waals surface area contributed by atoms with Gasteiger partial charge in [-0.3, -0.25) is 4.79 Å². The first-order valence-corrected chi connectivity index (χ1v) is 4.76. The molecule has 82 valence electrons. The predicted molar refractivity (Wildman–Crippen MR) is 56.7 cm³/mol. The van der Waals surface area contributed by atoms with Gasteiger partial charge in [-0.2, -0.15) is 0 Å². The Hall–Kier alpha value is -1.55. The van der Waals surface area contributed by atoms with Crippen LogP contribution in [0.25, 0.3) is 0 Å². The van der Waals surface area contributed by atoms with Gasteiger partial charge in [0, 0.05) is 13.6 Å². The van der Waals surface area contributed by atoms with Crippen molar-refractivity contribution < 1.29 is 14.6 Å². The molecule has 0 radical (unpaired) electrons. The molecule has 0 aliphatic rings. The summed E-state index contributed by atoms with van der Waals surface area (Å²) in [5, 5.41) is 8.64. The standard InChI is InChI=1S/C11H15NO3/c1-12(7-8-13)11(14)9-15-10-5-3-2-4-6-10/h2-6,13H,7-9H2,1H3. The molecule has 0 heterocycles. The molecule has 4 nitrogen and oxygen atoms in total. The maximum absolute atomic E-state index is 11.4. The van der Waals surface area contributed by atoms with Gasteiger partial charge in [-0.1, -0.05) is 18.2 Å². The lowest BCUT2D eigenvalue weighted by atomic mass is 10.3. The molecule has 0 saturated carbocycles. The van der Waals surface area contributed by atoms with E-state index in [-0.39, 0.29) is 19.1 Å². The highest BCUT2D eigenvalue weighted by Crippen LogP contribution is 2.07. The Labute approximate surface area is 89.1 Å². The number of hydrogen-bond acceptors (Lipinski definition) is 3. The highest BCUT2D eigenvalue weighted by Gasteiger charge is 2.08. The third-order valence-electron chi connectivity index (χ3n) is 1.97. The van der Waals surface area contributed by atoms with Crippen LogP contribution in [-0.4, -0.2) is 42.7 Å². The Bertz CT molecular complexity index is 300. The topological polar surface area (TPSA) is 49.8 Å². The Balaban J connectivity index is 2.34. The van der Waals surface area contributed by atoms with Gasteiger partial charge in [-0.25, -0.2) is 0 Å². The summed E-state index contributed by atoms with van der Waals surface area (Å²) >= 11 is 0. The largest absolute Gasteiger partial charge is 0.484 e. The SMILES string of the molecule is CN(CCO)C(=O)COc1ccccc1. The van der Waals surface area contributed by atoms with Crippen LogP contribution in [0.5, 0.6) is 5.75 Å². The summed E-state index contributed by atoms with van der Waals surface area (Å²) in [5.41, 5.74) is 0. The molecule has 0 bridgehead atoms. The third-order valence-corrected chi connectivity index (χ3v) is 1.97. The van der Waals surface area contributed by atoms with Crippen molar-refractivity contribution in [3.05, 3.63) is 30.3 Å². The summed E-state index contributed by atoms with van der Waals surface area (Å²) in [6.45, 7) is 0.297. The molecule has 0 unspecified atom stereocenters. The number of nitrogens with zero attached hydrogens (tertiary/aromatic N) is 1. The number of aliphatic hydroxyl groups excluding tert-OH is 1. The molecule has 0 fully saturated rings. The molecule has 1 aromatic carbocycles. The van der Waals surface area contributed by atoms with Crippen molar-refractivity contribution in [2.45, 2.75) is 0 Å². The third kappa shape index (κ3) is 3.99.